The molecule has 0 aromatic heterocycles. The van der Waals surface area contributed by atoms with Gasteiger partial charge in [-0.05, 0) is 17.7 Å². The van der Waals surface area contributed by atoms with Gasteiger partial charge in [-0.15, -0.1) is 0 Å². The molecule has 4 heteroatoms. The number of benzene rings is 2. The molecule has 1 aliphatic rings. The maximum Gasteiger partial charge on any atom is 0.239 e. The summed E-state index contributed by atoms with van der Waals surface area (Å²) in [5.41, 5.74) is 1.64. The van der Waals surface area contributed by atoms with Crippen molar-refractivity contribution >= 4 is 17.4 Å². The Labute approximate surface area is 116 Å². The maximum absolute atomic E-state index is 12.6. The molecule has 0 radical (unpaired) electrons. The molecule has 2 aromatic carbocycles. The number of methoxy groups -OCH3 is 1. The Bertz CT molecular complexity index is 679. The first-order valence-corrected chi connectivity index (χ1v) is 6.29. The topological polar surface area (TPSA) is 55.4 Å². The van der Waals surface area contributed by atoms with Crippen molar-refractivity contribution in [2.24, 2.45) is 0 Å². The summed E-state index contributed by atoms with van der Waals surface area (Å²) in [5.74, 6) is -0.821. The summed E-state index contributed by atoms with van der Waals surface area (Å²) in [4.78, 5) is 24.8. The minimum atomic E-state index is -0.796. The number of ether oxygens (including phenoxy) is 1. The molecule has 1 aliphatic heterocycles. The Morgan fingerprint density at radius 2 is 1.75 bits per heavy atom. The van der Waals surface area contributed by atoms with Crippen molar-refractivity contribution in [2.75, 3.05) is 12.4 Å². The van der Waals surface area contributed by atoms with Crippen molar-refractivity contribution in [3.8, 4) is 5.75 Å². The highest BCUT2D eigenvalue weighted by molar-refractivity contribution is 6.24. The predicted molar refractivity (Wildman–Crippen MR) is 75.1 cm³/mol. The summed E-state index contributed by atoms with van der Waals surface area (Å²) in [6.45, 7) is 0. The Balaban J connectivity index is 2.10. The van der Waals surface area contributed by atoms with Crippen molar-refractivity contribution in [2.45, 2.75) is 5.92 Å². The van der Waals surface area contributed by atoms with Crippen LogP contribution in [0.5, 0.6) is 5.75 Å². The number of carbonyl (C=O) groups is 2. The Morgan fingerprint density at radius 3 is 2.45 bits per heavy atom. The first-order valence-electron chi connectivity index (χ1n) is 6.29. The van der Waals surface area contributed by atoms with Crippen LogP contribution in [-0.2, 0) is 4.79 Å². The fourth-order valence-corrected chi connectivity index (χ4v) is 2.45. The zero-order valence-corrected chi connectivity index (χ0v) is 10.9. The summed E-state index contributed by atoms with van der Waals surface area (Å²) in [6, 6.07) is 14.2. The van der Waals surface area contributed by atoms with Gasteiger partial charge in [0, 0.05) is 5.56 Å². The molecule has 1 unspecified atom stereocenters. The number of fused-ring (bicyclic) bond motifs is 1. The van der Waals surface area contributed by atoms with Gasteiger partial charge in [0.05, 0.1) is 12.8 Å². The largest absolute Gasteiger partial charge is 0.495 e. The lowest BCUT2D eigenvalue weighted by Gasteiger charge is -2.25. The van der Waals surface area contributed by atoms with E-state index in [0.717, 1.165) is 0 Å². The van der Waals surface area contributed by atoms with E-state index in [1.807, 2.05) is 18.2 Å². The summed E-state index contributed by atoms with van der Waals surface area (Å²) >= 11 is 0. The second-order valence-corrected chi connectivity index (χ2v) is 4.58. The Morgan fingerprint density at radius 1 is 1.00 bits per heavy atom. The van der Waals surface area contributed by atoms with E-state index in [9.17, 15) is 9.59 Å². The zero-order chi connectivity index (χ0) is 14.1. The molecule has 0 spiro atoms. The van der Waals surface area contributed by atoms with Crippen LogP contribution in [-0.4, -0.2) is 18.8 Å². The van der Waals surface area contributed by atoms with Crippen molar-refractivity contribution in [3.63, 3.8) is 0 Å². The minimum Gasteiger partial charge on any atom is -0.495 e. The summed E-state index contributed by atoms with van der Waals surface area (Å²) in [6.07, 6.45) is 0. The van der Waals surface area contributed by atoms with Gasteiger partial charge in [-0.3, -0.25) is 9.59 Å². The van der Waals surface area contributed by atoms with Crippen LogP contribution in [0.1, 0.15) is 21.8 Å². The van der Waals surface area contributed by atoms with Gasteiger partial charge in [0.25, 0.3) is 0 Å². The lowest BCUT2D eigenvalue weighted by molar-refractivity contribution is -0.116. The van der Waals surface area contributed by atoms with E-state index in [4.69, 9.17) is 4.74 Å². The fourth-order valence-electron chi connectivity index (χ4n) is 2.45. The van der Waals surface area contributed by atoms with Crippen LogP contribution in [0.3, 0.4) is 0 Å². The van der Waals surface area contributed by atoms with E-state index in [-0.39, 0.29) is 11.7 Å². The average Bonchev–Trinajstić information content (AvgIpc) is 2.48. The highest BCUT2D eigenvalue weighted by Gasteiger charge is 2.36. The molecule has 4 nitrogen and oxygen atoms in total. The third-order valence-corrected chi connectivity index (χ3v) is 3.42. The van der Waals surface area contributed by atoms with Crippen LogP contribution in [0.15, 0.2) is 48.5 Å². The number of hydrogen-bond donors (Lipinski definition) is 1. The molecule has 3 rings (SSSR count). The number of para-hydroxylation sites is 1. The standard InChI is InChI=1S/C16H13NO3/c1-20-12-9-5-8-11-14(12)17-16(19)13(15(11)18)10-6-3-2-4-7-10/h2-9,13H,1H3,(H,17,19). The van der Waals surface area contributed by atoms with E-state index < -0.39 is 5.92 Å². The summed E-state index contributed by atoms with van der Waals surface area (Å²) < 4.78 is 5.18. The zero-order valence-electron chi connectivity index (χ0n) is 10.9. The molecule has 0 bridgehead atoms. The highest BCUT2D eigenvalue weighted by atomic mass is 16.5. The number of carbonyl (C=O) groups excluding carboxylic acids is 2. The highest BCUT2D eigenvalue weighted by Crippen LogP contribution is 2.37. The number of amides is 1. The fraction of sp³-hybridized carbons (Fsp3) is 0.125. The molecular formula is C16H13NO3. The average molecular weight is 267 g/mol. The van der Waals surface area contributed by atoms with Gasteiger partial charge in [-0.1, -0.05) is 36.4 Å². The van der Waals surface area contributed by atoms with Gasteiger partial charge in [-0.2, -0.15) is 0 Å². The summed E-state index contributed by atoms with van der Waals surface area (Å²) in [7, 11) is 1.51. The van der Waals surface area contributed by atoms with E-state index in [1.54, 1.807) is 30.3 Å². The van der Waals surface area contributed by atoms with Gasteiger partial charge in [-0.25, -0.2) is 0 Å². The third-order valence-electron chi connectivity index (χ3n) is 3.42. The number of Topliss-reactive ketones (excluding diaryl/α,β-unsaturated/α-hetero) is 1. The van der Waals surface area contributed by atoms with Crippen LogP contribution in [0.25, 0.3) is 0 Å². The molecular weight excluding hydrogens is 254 g/mol. The second kappa shape index (κ2) is 4.81. The maximum atomic E-state index is 12.6. The van der Waals surface area contributed by atoms with Gasteiger partial charge >= 0.3 is 0 Å². The molecule has 20 heavy (non-hydrogen) atoms. The van der Waals surface area contributed by atoms with E-state index >= 15 is 0 Å². The third kappa shape index (κ3) is 1.86. The lowest BCUT2D eigenvalue weighted by Crippen LogP contribution is -2.33. The number of rotatable bonds is 2. The first kappa shape index (κ1) is 12.4. The molecule has 0 fully saturated rings. The first-order chi connectivity index (χ1) is 9.72. The molecule has 0 saturated heterocycles. The van der Waals surface area contributed by atoms with Crippen LogP contribution < -0.4 is 10.1 Å². The number of nitrogens with one attached hydrogen (secondary N) is 1. The SMILES string of the molecule is COc1cccc2c1NC(=O)C(c1ccccc1)C2=O. The van der Waals surface area contributed by atoms with Gasteiger partial charge in [0.2, 0.25) is 5.91 Å². The predicted octanol–water partition coefficient (Wildman–Crippen LogP) is 2.61. The van der Waals surface area contributed by atoms with Crippen molar-refractivity contribution in [3.05, 3.63) is 59.7 Å². The van der Waals surface area contributed by atoms with E-state index in [2.05, 4.69) is 5.32 Å². The van der Waals surface area contributed by atoms with E-state index in [0.29, 0.717) is 22.6 Å². The number of anilines is 1. The Hall–Kier alpha value is -2.62. The van der Waals surface area contributed by atoms with Gasteiger partial charge in [0.1, 0.15) is 11.7 Å². The Kier molecular flexibility index (Phi) is 2.99. The number of ketones is 1. The summed E-state index contributed by atoms with van der Waals surface area (Å²) in [5, 5.41) is 2.77. The van der Waals surface area contributed by atoms with Crippen LogP contribution in [0, 0.1) is 0 Å². The van der Waals surface area contributed by atoms with Crippen molar-refractivity contribution in [1.29, 1.82) is 0 Å². The van der Waals surface area contributed by atoms with E-state index in [1.165, 1.54) is 7.11 Å². The van der Waals surface area contributed by atoms with Crippen LogP contribution >= 0.6 is 0 Å². The normalized spacial score (nSPS) is 17.4. The monoisotopic (exact) mass is 267 g/mol. The lowest BCUT2D eigenvalue weighted by atomic mass is 9.86. The molecule has 100 valence electrons. The molecule has 2 aromatic rings. The minimum absolute atomic E-state index is 0.200. The molecule has 1 amide bonds. The van der Waals surface area contributed by atoms with Gasteiger partial charge in [0.15, 0.2) is 5.78 Å². The van der Waals surface area contributed by atoms with Gasteiger partial charge < -0.3 is 10.1 Å². The quantitative estimate of drug-likeness (QED) is 0.851. The second-order valence-electron chi connectivity index (χ2n) is 4.58. The number of hydrogen-bond acceptors (Lipinski definition) is 3. The molecule has 1 N–H and O–H groups in total. The molecule has 0 saturated carbocycles. The molecule has 1 heterocycles. The van der Waals surface area contributed by atoms with Crippen LogP contribution in [0.2, 0.25) is 0 Å². The molecule has 0 aliphatic carbocycles. The molecule has 1 atom stereocenters. The van der Waals surface area contributed by atoms with Crippen molar-refractivity contribution in [1.82, 2.24) is 0 Å². The van der Waals surface area contributed by atoms with Crippen molar-refractivity contribution < 1.29 is 14.3 Å². The van der Waals surface area contributed by atoms with Crippen LogP contribution in [0.4, 0.5) is 5.69 Å². The smallest absolute Gasteiger partial charge is 0.239 e.